The van der Waals surface area contributed by atoms with Crippen LogP contribution >= 0.6 is 11.3 Å². The molecule has 124 valence electrons. The summed E-state index contributed by atoms with van der Waals surface area (Å²) in [5.41, 5.74) is 2.23. The Morgan fingerprint density at radius 3 is 2.65 bits per heavy atom. The van der Waals surface area contributed by atoms with Crippen LogP contribution in [0.15, 0.2) is 34.6 Å². The van der Waals surface area contributed by atoms with Crippen molar-refractivity contribution in [3.63, 3.8) is 0 Å². The number of aromatic nitrogens is 1. The Morgan fingerprint density at radius 2 is 2.00 bits per heavy atom. The van der Waals surface area contributed by atoms with Crippen LogP contribution < -0.4 is 15.4 Å². The summed E-state index contributed by atoms with van der Waals surface area (Å²) in [4.78, 5) is 8.86. The van der Waals surface area contributed by atoms with Crippen LogP contribution in [0.25, 0.3) is 0 Å². The summed E-state index contributed by atoms with van der Waals surface area (Å²) in [6.07, 6.45) is 0. The third-order valence-corrected chi connectivity index (χ3v) is 4.30. The summed E-state index contributed by atoms with van der Waals surface area (Å²) in [6.45, 7) is 5.63. The topological polar surface area (TPSA) is 58.5 Å². The van der Waals surface area contributed by atoms with Gasteiger partial charge in [-0.1, -0.05) is 32.0 Å². The minimum atomic E-state index is 0.461. The van der Waals surface area contributed by atoms with E-state index in [4.69, 9.17) is 4.74 Å². The number of nitrogens with zero attached hydrogens (tertiary/aromatic N) is 2. The molecule has 1 aromatic heterocycles. The molecule has 5 nitrogen and oxygen atoms in total. The summed E-state index contributed by atoms with van der Waals surface area (Å²) >= 11 is 1.67. The van der Waals surface area contributed by atoms with Gasteiger partial charge < -0.3 is 15.4 Å². The molecule has 0 amide bonds. The fraction of sp³-hybridized carbons (Fsp3) is 0.412. The average molecular weight is 332 g/mol. The van der Waals surface area contributed by atoms with Gasteiger partial charge in [0.05, 0.1) is 19.3 Å². The fourth-order valence-corrected chi connectivity index (χ4v) is 2.97. The number of thiazole rings is 1. The zero-order valence-electron chi connectivity index (χ0n) is 14.1. The largest absolute Gasteiger partial charge is 0.496 e. The van der Waals surface area contributed by atoms with Crippen LogP contribution in [0.4, 0.5) is 0 Å². The third kappa shape index (κ3) is 4.96. The van der Waals surface area contributed by atoms with Crippen molar-refractivity contribution in [3.05, 3.63) is 45.9 Å². The number of guanidine groups is 1. The molecule has 0 saturated carbocycles. The zero-order chi connectivity index (χ0) is 16.7. The SMILES string of the molecule is CN=C(NCc1nc(C(C)C)cs1)NCc1ccccc1OC. The summed E-state index contributed by atoms with van der Waals surface area (Å²) in [6, 6.07) is 7.95. The first-order valence-corrected chi connectivity index (χ1v) is 8.52. The van der Waals surface area contributed by atoms with Gasteiger partial charge in [-0.25, -0.2) is 4.98 Å². The third-order valence-electron chi connectivity index (χ3n) is 3.43. The predicted octanol–water partition coefficient (Wildman–Crippen LogP) is 3.14. The standard InChI is InChI=1S/C17H24N4OS/c1-12(2)14-11-23-16(21-14)10-20-17(18-3)19-9-13-7-5-6-8-15(13)22-4/h5-8,11-12H,9-10H2,1-4H3,(H2,18,19,20). The molecule has 0 radical (unpaired) electrons. The smallest absolute Gasteiger partial charge is 0.191 e. The Morgan fingerprint density at radius 1 is 1.26 bits per heavy atom. The van der Waals surface area contributed by atoms with E-state index in [9.17, 15) is 0 Å². The van der Waals surface area contributed by atoms with E-state index >= 15 is 0 Å². The lowest BCUT2D eigenvalue weighted by Gasteiger charge is -2.13. The van der Waals surface area contributed by atoms with Crippen LogP contribution in [0.2, 0.25) is 0 Å². The highest BCUT2D eigenvalue weighted by Crippen LogP contribution is 2.18. The van der Waals surface area contributed by atoms with Gasteiger partial charge in [0, 0.05) is 24.5 Å². The van der Waals surface area contributed by atoms with Gasteiger partial charge in [-0.15, -0.1) is 11.3 Å². The zero-order valence-corrected chi connectivity index (χ0v) is 14.9. The molecule has 2 N–H and O–H groups in total. The second-order valence-electron chi connectivity index (χ2n) is 5.41. The van der Waals surface area contributed by atoms with E-state index in [1.807, 2.05) is 24.3 Å². The molecular formula is C17H24N4OS. The second-order valence-corrected chi connectivity index (χ2v) is 6.35. The van der Waals surface area contributed by atoms with Crippen molar-refractivity contribution >= 4 is 17.3 Å². The van der Waals surface area contributed by atoms with Gasteiger partial charge in [-0.2, -0.15) is 0 Å². The monoisotopic (exact) mass is 332 g/mol. The molecule has 2 aromatic rings. The summed E-state index contributed by atoms with van der Waals surface area (Å²) < 4.78 is 5.36. The molecule has 0 atom stereocenters. The lowest BCUT2D eigenvalue weighted by molar-refractivity contribution is 0.409. The molecule has 1 aromatic carbocycles. The Bertz CT molecular complexity index is 652. The summed E-state index contributed by atoms with van der Waals surface area (Å²) in [5.74, 6) is 2.08. The number of nitrogens with one attached hydrogen (secondary N) is 2. The van der Waals surface area contributed by atoms with E-state index in [0.717, 1.165) is 28.0 Å². The average Bonchev–Trinajstić information content (AvgIpc) is 3.04. The first-order chi connectivity index (χ1) is 11.1. The highest BCUT2D eigenvalue weighted by molar-refractivity contribution is 7.09. The Balaban J connectivity index is 1.88. The van der Waals surface area contributed by atoms with Gasteiger partial charge in [0.25, 0.3) is 0 Å². The molecule has 0 aliphatic heterocycles. The molecule has 0 saturated heterocycles. The molecule has 2 rings (SSSR count). The van der Waals surface area contributed by atoms with E-state index < -0.39 is 0 Å². The number of hydrogen-bond donors (Lipinski definition) is 2. The maximum atomic E-state index is 5.36. The molecule has 0 unspecified atom stereocenters. The van der Waals surface area contributed by atoms with Crippen molar-refractivity contribution in [2.24, 2.45) is 4.99 Å². The van der Waals surface area contributed by atoms with E-state index in [1.54, 1.807) is 25.5 Å². The first kappa shape index (κ1) is 17.3. The van der Waals surface area contributed by atoms with Gasteiger partial charge in [-0.05, 0) is 12.0 Å². The van der Waals surface area contributed by atoms with Crippen molar-refractivity contribution in [1.29, 1.82) is 0 Å². The number of benzene rings is 1. The molecule has 0 bridgehead atoms. The fourth-order valence-electron chi connectivity index (χ4n) is 2.08. The van der Waals surface area contributed by atoms with Gasteiger partial charge >= 0.3 is 0 Å². The Hall–Kier alpha value is -2.08. The summed E-state index contributed by atoms with van der Waals surface area (Å²) in [7, 11) is 3.44. The highest BCUT2D eigenvalue weighted by atomic mass is 32.1. The maximum absolute atomic E-state index is 5.36. The van der Waals surface area contributed by atoms with Gasteiger partial charge in [-0.3, -0.25) is 4.99 Å². The second kappa shape index (κ2) is 8.53. The summed E-state index contributed by atoms with van der Waals surface area (Å²) in [5, 5.41) is 9.77. The number of aliphatic imine (C=N–C) groups is 1. The molecular weight excluding hydrogens is 308 g/mol. The van der Waals surface area contributed by atoms with Crippen LogP contribution in [0.5, 0.6) is 5.75 Å². The van der Waals surface area contributed by atoms with Crippen molar-refractivity contribution < 1.29 is 4.74 Å². The van der Waals surface area contributed by atoms with Gasteiger partial charge in [0.2, 0.25) is 0 Å². The lowest BCUT2D eigenvalue weighted by Crippen LogP contribution is -2.36. The van der Waals surface area contributed by atoms with Crippen molar-refractivity contribution in [2.75, 3.05) is 14.2 Å². The minimum Gasteiger partial charge on any atom is -0.496 e. The number of ether oxygens (including phenoxy) is 1. The molecule has 23 heavy (non-hydrogen) atoms. The molecule has 1 heterocycles. The normalized spacial score (nSPS) is 11.6. The minimum absolute atomic E-state index is 0.461. The van der Waals surface area contributed by atoms with E-state index in [2.05, 4.69) is 39.8 Å². The van der Waals surface area contributed by atoms with Gasteiger partial charge in [0.1, 0.15) is 10.8 Å². The van der Waals surface area contributed by atoms with Crippen LogP contribution in [0.1, 0.15) is 36.0 Å². The maximum Gasteiger partial charge on any atom is 0.191 e. The van der Waals surface area contributed by atoms with Crippen molar-refractivity contribution in [3.8, 4) is 5.75 Å². The highest BCUT2D eigenvalue weighted by Gasteiger charge is 2.07. The number of rotatable bonds is 6. The quantitative estimate of drug-likeness (QED) is 0.630. The first-order valence-electron chi connectivity index (χ1n) is 7.64. The lowest BCUT2D eigenvalue weighted by atomic mass is 10.2. The number of methoxy groups -OCH3 is 1. The van der Waals surface area contributed by atoms with Crippen LogP contribution in [-0.4, -0.2) is 25.1 Å². The Labute approximate surface area is 141 Å². The Kier molecular flexibility index (Phi) is 6.40. The number of para-hydroxylation sites is 1. The van der Waals surface area contributed by atoms with E-state index in [1.165, 1.54) is 0 Å². The molecule has 6 heteroatoms. The van der Waals surface area contributed by atoms with E-state index in [-0.39, 0.29) is 0 Å². The predicted molar refractivity (Wildman–Crippen MR) is 96.2 cm³/mol. The molecule has 0 aliphatic carbocycles. The number of hydrogen-bond acceptors (Lipinski definition) is 4. The van der Waals surface area contributed by atoms with Crippen LogP contribution in [-0.2, 0) is 13.1 Å². The van der Waals surface area contributed by atoms with Crippen LogP contribution in [0, 0.1) is 0 Å². The van der Waals surface area contributed by atoms with Crippen molar-refractivity contribution in [2.45, 2.75) is 32.9 Å². The van der Waals surface area contributed by atoms with Crippen molar-refractivity contribution in [1.82, 2.24) is 15.6 Å². The van der Waals surface area contributed by atoms with Crippen LogP contribution in [0.3, 0.4) is 0 Å². The van der Waals surface area contributed by atoms with Gasteiger partial charge in [0.15, 0.2) is 5.96 Å². The molecule has 0 spiro atoms. The van der Waals surface area contributed by atoms with E-state index in [0.29, 0.717) is 19.0 Å². The molecule has 0 fully saturated rings. The molecule has 0 aliphatic rings.